The summed E-state index contributed by atoms with van der Waals surface area (Å²) in [6.07, 6.45) is 0.870. The van der Waals surface area contributed by atoms with Crippen LogP contribution in [0.3, 0.4) is 0 Å². The standard InChI is InChI=1S/C29H29FN2O3/c1-5-20-9-13-28(35-17-21-7-10-22(30)11-8-21)25(14-20)27-12-6-18(2)32(27)23-15-24(29(33)34-4)19(3)26(31)16-23/h6-16H,5,17,31H2,1-4H3. The summed E-state index contributed by atoms with van der Waals surface area (Å²) in [5.74, 6) is -0.00315. The third-order valence-electron chi connectivity index (χ3n) is 6.21. The summed E-state index contributed by atoms with van der Waals surface area (Å²) in [5, 5.41) is 0. The second-order valence-corrected chi connectivity index (χ2v) is 8.49. The number of aromatic nitrogens is 1. The first kappa shape index (κ1) is 24.1. The van der Waals surface area contributed by atoms with Crippen LogP contribution in [0.2, 0.25) is 0 Å². The number of methoxy groups -OCH3 is 1. The molecule has 2 N–H and O–H groups in total. The number of hydrogen-bond acceptors (Lipinski definition) is 4. The highest BCUT2D eigenvalue weighted by atomic mass is 19.1. The van der Waals surface area contributed by atoms with E-state index in [4.69, 9.17) is 15.2 Å². The number of carbonyl (C=O) groups is 1. The molecule has 0 bridgehead atoms. The molecule has 0 aliphatic carbocycles. The van der Waals surface area contributed by atoms with Crippen molar-refractivity contribution in [1.29, 1.82) is 0 Å². The topological polar surface area (TPSA) is 66.5 Å². The molecule has 1 aromatic heterocycles. The number of hydrogen-bond donors (Lipinski definition) is 1. The lowest BCUT2D eigenvalue weighted by Crippen LogP contribution is -2.09. The quantitative estimate of drug-likeness (QED) is 0.249. The number of rotatable bonds is 7. The second kappa shape index (κ2) is 10.1. The molecule has 0 unspecified atom stereocenters. The summed E-state index contributed by atoms with van der Waals surface area (Å²) < 4.78 is 26.5. The Bertz CT molecular complexity index is 1370. The van der Waals surface area contributed by atoms with E-state index in [9.17, 15) is 9.18 Å². The Morgan fingerprint density at radius 2 is 1.69 bits per heavy atom. The van der Waals surface area contributed by atoms with Crippen LogP contribution in [0.4, 0.5) is 10.1 Å². The molecule has 0 atom stereocenters. The smallest absolute Gasteiger partial charge is 0.338 e. The number of ether oxygens (including phenoxy) is 2. The van der Waals surface area contributed by atoms with Crippen molar-refractivity contribution in [2.45, 2.75) is 33.8 Å². The highest BCUT2D eigenvalue weighted by Crippen LogP contribution is 2.36. The number of nitrogens with zero attached hydrogens (tertiary/aromatic N) is 1. The van der Waals surface area contributed by atoms with Gasteiger partial charge in [-0.2, -0.15) is 0 Å². The number of nitrogens with two attached hydrogens (primary N) is 1. The minimum absolute atomic E-state index is 0.279. The molecule has 4 rings (SSSR count). The first-order valence-corrected chi connectivity index (χ1v) is 11.5. The van der Waals surface area contributed by atoms with Crippen molar-refractivity contribution in [3.8, 4) is 22.7 Å². The van der Waals surface area contributed by atoms with Gasteiger partial charge in [0, 0.05) is 22.6 Å². The lowest BCUT2D eigenvalue weighted by molar-refractivity contribution is 0.0600. The molecule has 0 aliphatic rings. The summed E-state index contributed by atoms with van der Waals surface area (Å²) in [7, 11) is 1.36. The Hall–Kier alpha value is -4.06. The van der Waals surface area contributed by atoms with Gasteiger partial charge in [-0.15, -0.1) is 0 Å². The van der Waals surface area contributed by atoms with Crippen molar-refractivity contribution < 1.29 is 18.7 Å². The van der Waals surface area contributed by atoms with Crippen LogP contribution in [0.15, 0.2) is 66.7 Å². The summed E-state index contributed by atoms with van der Waals surface area (Å²) in [5.41, 5.74) is 13.5. The van der Waals surface area contributed by atoms with E-state index in [2.05, 4.69) is 17.6 Å². The number of aryl methyl sites for hydroxylation is 2. The highest BCUT2D eigenvalue weighted by molar-refractivity contribution is 5.93. The zero-order valence-corrected chi connectivity index (χ0v) is 20.4. The van der Waals surface area contributed by atoms with Crippen LogP contribution in [-0.4, -0.2) is 17.6 Å². The zero-order chi connectivity index (χ0) is 25.1. The van der Waals surface area contributed by atoms with Crippen molar-refractivity contribution in [1.82, 2.24) is 4.57 Å². The zero-order valence-electron chi connectivity index (χ0n) is 20.4. The number of nitrogen functional groups attached to an aromatic ring is 1. The van der Waals surface area contributed by atoms with E-state index in [1.165, 1.54) is 24.8 Å². The molecule has 0 radical (unpaired) electrons. The Morgan fingerprint density at radius 1 is 0.971 bits per heavy atom. The largest absolute Gasteiger partial charge is 0.488 e. The van der Waals surface area contributed by atoms with Gasteiger partial charge in [-0.1, -0.05) is 25.1 Å². The lowest BCUT2D eigenvalue weighted by Gasteiger charge is -2.18. The molecule has 0 saturated carbocycles. The molecule has 6 heteroatoms. The fourth-order valence-electron chi connectivity index (χ4n) is 4.13. The summed E-state index contributed by atoms with van der Waals surface area (Å²) >= 11 is 0. The van der Waals surface area contributed by atoms with E-state index in [0.29, 0.717) is 29.2 Å². The fraction of sp³-hybridized carbons (Fsp3) is 0.207. The van der Waals surface area contributed by atoms with Crippen LogP contribution in [-0.2, 0) is 17.8 Å². The summed E-state index contributed by atoms with van der Waals surface area (Å²) in [4.78, 5) is 12.4. The van der Waals surface area contributed by atoms with E-state index < -0.39 is 5.97 Å². The van der Waals surface area contributed by atoms with Crippen LogP contribution in [0, 0.1) is 19.7 Å². The molecular formula is C29H29FN2O3. The van der Waals surface area contributed by atoms with E-state index in [0.717, 1.165) is 34.6 Å². The molecule has 180 valence electrons. The van der Waals surface area contributed by atoms with Gasteiger partial charge in [-0.3, -0.25) is 0 Å². The van der Waals surface area contributed by atoms with Gasteiger partial charge in [0.2, 0.25) is 0 Å². The van der Waals surface area contributed by atoms with Crippen molar-refractivity contribution in [3.05, 3.63) is 100 Å². The average Bonchev–Trinajstić information content (AvgIpc) is 3.25. The molecule has 4 aromatic rings. The van der Waals surface area contributed by atoms with Crippen LogP contribution in [0.25, 0.3) is 16.9 Å². The Morgan fingerprint density at radius 3 is 2.37 bits per heavy atom. The van der Waals surface area contributed by atoms with Crippen LogP contribution < -0.4 is 10.5 Å². The summed E-state index contributed by atoms with van der Waals surface area (Å²) in [6.45, 7) is 6.22. The van der Waals surface area contributed by atoms with Crippen LogP contribution in [0.5, 0.6) is 5.75 Å². The molecule has 0 amide bonds. The molecule has 0 fully saturated rings. The second-order valence-electron chi connectivity index (χ2n) is 8.49. The maximum absolute atomic E-state index is 13.3. The number of carbonyl (C=O) groups excluding carboxylic acids is 1. The minimum atomic E-state index is -0.432. The van der Waals surface area contributed by atoms with Gasteiger partial charge in [-0.25, -0.2) is 9.18 Å². The first-order chi connectivity index (χ1) is 16.8. The number of esters is 1. The molecule has 3 aromatic carbocycles. The molecule has 0 aliphatic heterocycles. The molecule has 1 heterocycles. The van der Waals surface area contributed by atoms with Gasteiger partial charge in [-0.05, 0) is 85.5 Å². The minimum Gasteiger partial charge on any atom is -0.488 e. The SMILES string of the molecule is CCc1ccc(OCc2ccc(F)cc2)c(-c2ccc(C)n2-c2cc(N)c(C)c(C(=O)OC)c2)c1. The molecule has 0 spiro atoms. The predicted molar refractivity (Wildman–Crippen MR) is 137 cm³/mol. The number of halogens is 1. The van der Waals surface area contributed by atoms with E-state index in [1.807, 2.05) is 37.3 Å². The molecule has 35 heavy (non-hydrogen) atoms. The van der Waals surface area contributed by atoms with Gasteiger partial charge >= 0.3 is 5.97 Å². The Labute approximate surface area is 204 Å². The van der Waals surface area contributed by atoms with E-state index in [1.54, 1.807) is 25.1 Å². The lowest BCUT2D eigenvalue weighted by atomic mass is 10.0. The summed E-state index contributed by atoms with van der Waals surface area (Å²) in [6, 6.07) is 20.1. The van der Waals surface area contributed by atoms with Crippen molar-refractivity contribution in [2.24, 2.45) is 0 Å². The normalized spacial score (nSPS) is 10.9. The predicted octanol–water partition coefficient (Wildman–Crippen LogP) is 6.41. The van der Waals surface area contributed by atoms with Gasteiger partial charge in [0.1, 0.15) is 18.2 Å². The third kappa shape index (κ3) is 4.92. The van der Waals surface area contributed by atoms with E-state index in [-0.39, 0.29) is 5.82 Å². The van der Waals surface area contributed by atoms with E-state index >= 15 is 0 Å². The Kier molecular flexibility index (Phi) is 6.92. The molecule has 5 nitrogen and oxygen atoms in total. The highest BCUT2D eigenvalue weighted by Gasteiger charge is 2.19. The van der Waals surface area contributed by atoms with Crippen molar-refractivity contribution in [3.63, 3.8) is 0 Å². The van der Waals surface area contributed by atoms with Crippen molar-refractivity contribution >= 4 is 11.7 Å². The van der Waals surface area contributed by atoms with Gasteiger partial charge < -0.3 is 19.8 Å². The first-order valence-electron chi connectivity index (χ1n) is 11.5. The van der Waals surface area contributed by atoms with Crippen LogP contribution in [0.1, 0.15) is 39.7 Å². The average molecular weight is 473 g/mol. The Balaban J connectivity index is 1.81. The van der Waals surface area contributed by atoms with Crippen LogP contribution >= 0.6 is 0 Å². The fourth-order valence-corrected chi connectivity index (χ4v) is 4.13. The maximum Gasteiger partial charge on any atom is 0.338 e. The van der Waals surface area contributed by atoms with Gasteiger partial charge in [0.15, 0.2) is 0 Å². The number of benzene rings is 3. The van der Waals surface area contributed by atoms with Gasteiger partial charge in [0.05, 0.1) is 18.4 Å². The third-order valence-corrected chi connectivity index (χ3v) is 6.21. The monoisotopic (exact) mass is 472 g/mol. The number of anilines is 1. The van der Waals surface area contributed by atoms with Gasteiger partial charge in [0.25, 0.3) is 0 Å². The molecular weight excluding hydrogens is 443 g/mol. The van der Waals surface area contributed by atoms with Crippen molar-refractivity contribution in [2.75, 3.05) is 12.8 Å². The molecule has 0 saturated heterocycles. The maximum atomic E-state index is 13.3.